The fraction of sp³-hybridized carbons (Fsp3) is 0.727. The number of rotatable bonds is 9. The maximum Gasteiger partial charge on any atom is 0.257 e. The average Bonchev–Trinajstić information content (AvgIpc) is 2.85. The molecule has 1 atom stereocenters. The Morgan fingerprint density at radius 3 is 2.89 bits per heavy atom. The van der Waals surface area contributed by atoms with Crippen molar-refractivity contribution in [1.82, 2.24) is 20.2 Å². The third-order valence-corrected chi connectivity index (χ3v) is 5.27. The third-order valence-electron chi connectivity index (χ3n) is 2.76. The number of thioether (sulfide) groups is 1. The highest BCUT2D eigenvalue weighted by atomic mass is 32.2. The Kier molecular flexibility index (Phi) is 6.84. The van der Waals surface area contributed by atoms with Crippen LogP contribution in [0.1, 0.15) is 25.8 Å². The van der Waals surface area contributed by atoms with E-state index in [4.69, 9.17) is 0 Å². The van der Waals surface area contributed by atoms with Crippen LogP contribution in [-0.2, 0) is 16.6 Å². The van der Waals surface area contributed by atoms with Gasteiger partial charge in [0.25, 0.3) is 10.0 Å². The van der Waals surface area contributed by atoms with Crippen molar-refractivity contribution in [3.05, 3.63) is 11.8 Å². The molecule has 0 amide bonds. The summed E-state index contributed by atoms with van der Waals surface area (Å²) in [5.41, 5.74) is 0.660. The zero-order chi connectivity index (χ0) is 14.3. The molecule has 6 nitrogen and oxygen atoms in total. The largest absolute Gasteiger partial charge is 0.313 e. The van der Waals surface area contributed by atoms with Gasteiger partial charge >= 0.3 is 0 Å². The molecule has 1 rings (SSSR count). The summed E-state index contributed by atoms with van der Waals surface area (Å²) < 4.78 is 26.9. The van der Waals surface area contributed by atoms with Crippen molar-refractivity contribution in [2.45, 2.75) is 37.1 Å². The van der Waals surface area contributed by atoms with Crippen LogP contribution in [0.5, 0.6) is 0 Å². The number of H-pyrrole nitrogens is 1. The minimum Gasteiger partial charge on any atom is -0.313 e. The normalized spacial score (nSPS) is 13.6. The van der Waals surface area contributed by atoms with Gasteiger partial charge in [-0.2, -0.15) is 16.9 Å². The van der Waals surface area contributed by atoms with Crippen LogP contribution in [0.3, 0.4) is 0 Å². The van der Waals surface area contributed by atoms with Crippen molar-refractivity contribution in [3.63, 3.8) is 0 Å². The standard InChI is InChI=1S/C11H22N4O2S2/c1-4-12-7-10-8-13-15-11(10)19(16,17)14-6-5-9(2)18-3/h8-9,12,14H,4-7H2,1-3H3,(H,13,15). The number of aromatic nitrogens is 2. The molecule has 0 radical (unpaired) electrons. The van der Waals surface area contributed by atoms with E-state index in [0.29, 0.717) is 23.9 Å². The first-order valence-corrected chi connectivity index (χ1v) is 9.03. The summed E-state index contributed by atoms with van der Waals surface area (Å²) in [5, 5.41) is 10.1. The molecular weight excluding hydrogens is 284 g/mol. The van der Waals surface area contributed by atoms with Crippen molar-refractivity contribution < 1.29 is 8.42 Å². The number of aromatic amines is 1. The van der Waals surface area contributed by atoms with Gasteiger partial charge in [-0.3, -0.25) is 5.10 Å². The summed E-state index contributed by atoms with van der Waals surface area (Å²) >= 11 is 1.72. The van der Waals surface area contributed by atoms with Gasteiger partial charge in [-0.25, -0.2) is 13.1 Å². The maximum atomic E-state index is 12.1. The van der Waals surface area contributed by atoms with Crippen LogP contribution in [0, 0.1) is 0 Å². The lowest BCUT2D eigenvalue weighted by atomic mass is 10.3. The summed E-state index contributed by atoms with van der Waals surface area (Å²) in [6.07, 6.45) is 4.36. The van der Waals surface area contributed by atoms with Gasteiger partial charge < -0.3 is 5.32 Å². The Morgan fingerprint density at radius 2 is 2.26 bits per heavy atom. The van der Waals surface area contributed by atoms with Crippen LogP contribution in [0.4, 0.5) is 0 Å². The van der Waals surface area contributed by atoms with Crippen LogP contribution >= 0.6 is 11.8 Å². The second-order valence-electron chi connectivity index (χ2n) is 4.24. The van der Waals surface area contributed by atoms with E-state index in [-0.39, 0.29) is 5.03 Å². The number of nitrogens with one attached hydrogen (secondary N) is 3. The quantitative estimate of drug-likeness (QED) is 0.632. The highest BCUT2D eigenvalue weighted by molar-refractivity contribution is 7.99. The summed E-state index contributed by atoms with van der Waals surface area (Å²) in [5.74, 6) is 0. The topological polar surface area (TPSA) is 86.9 Å². The fourth-order valence-electron chi connectivity index (χ4n) is 1.50. The summed E-state index contributed by atoms with van der Waals surface area (Å²) in [6, 6.07) is 0. The highest BCUT2D eigenvalue weighted by Gasteiger charge is 2.20. The molecule has 0 aliphatic rings. The first kappa shape index (κ1) is 16.5. The molecule has 0 spiro atoms. The van der Waals surface area contributed by atoms with Crippen LogP contribution in [0.15, 0.2) is 11.2 Å². The molecule has 19 heavy (non-hydrogen) atoms. The van der Waals surface area contributed by atoms with E-state index in [2.05, 4.69) is 27.2 Å². The van der Waals surface area contributed by atoms with Crippen molar-refractivity contribution in [1.29, 1.82) is 0 Å². The molecular formula is C11H22N4O2S2. The summed E-state index contributed by atoms with van der Waals surface area (Å²) in [6.45, 7) is 5.75. The predicted molar refractivity (Wildman–Crippen MR) is 78.8 cm³/mol. The van der Waals surface area contributed by atoms with Crippen LogP contribution < -0.4 is 10.0 Å². The number of hydrogen-bond acceptors (Lipinski definition) is 5. The van der Waals surface area contributed by atoms with Gasteiger partial charge in [-0.1, -0.05) is 13.8 Å². The highest BCUT2D eigenvalue weighted by Crippen LogP contribution is 2.13. The molecule has 3 N–H and O–H groups in total. The second-order valence-corrected chi connectivity index (χ2v) is 7.22. The van der Waals surface area contributed by atoms with Crippen LogP contribution in [-0.4, -0.2) is 43.2 Å². The molecule has 110 valence electrons. The molecule has 1 unspecified atom stereocenters. The molecule has 0 aliphatic carbocycles. The minimum absolute atomic E-state index is 0.158. The van der Waals surface area contributed by atoms with Gasteiger partial charge in [0.15, 0.2) is 5.03 Å². The van der Waals surface area contributed by atoms with E-state index < -0.39 is 10.0 Å². The van der Waals surface area contributed by atoms with E-state index in [9.17, 15) is 8.42 Å². The van der Waals surface area contributed by atoms with Gasteiger partial charge in [0.2, 0.25) is 0 Å². The van der Waals surface area contributed by atoms with Gasteiger partial charge in [0.05, 0.1) is 6.20 Å². The molecule has 0 aliphatic heterocycles. The fourth-order valence-corrected chi connectivity index (χ4v) is 3.03. The van der Waals surface area contributed by atoms with Crippen molar-refractivity contribution in [3.8, 4) is 0 Å². The lowest BCUT2D eigenvalue weighted by Crippen LogP contribution is -2.28. The Balaban J connectivity index is 2.64. The summed E-state index contributed by atoms with van der Waals surface area (Å²) in [4.78, 5) is 0. The molecule has 0 fully saturated rings. The van der Waals surface area contributed by atoms with E-state index in [1.54, 1.807) is 18.0 Å². The van der Waals surface area contributed by atoms with Crippen molar-refractivity contribution >= 4 is 21.8 Å². The minimum atomic E-state index is -3.50. The molecule has 0 aromatic carbocycles. The SMILES string of the molecule is CCNCc1cn[nH]c1S(=O)(=O)NCCC(C)SC. The number of hydrogen-bond donors (Lipinski definition) is 3. The Morgan fingerprint density at radius 1 is 1.53 bits per heavy atom. The average molecular weight is 306 g/mol. The molecule has 0 bridgehead atoms. The molecule has 1 aromatic heterocycles. The Bertz CT molecular complexity index is 473. The molecule has 8 heteroatoms. The van der Waals surface area contributed by atoms with Gasteiger partial charge in [-0.05, 0) is 19.2 Å². The smallest absolute Gasteiger partial charge is 0.257 e. The first-order valence-electron chi connectivity index (χ1n) is 6.26. The van der Waals surface area contributed by atoms with Crippen LogP contribution in [0.2, 0.25) is 0 Å². The second kappa shape index (κ2) is 7.88. The summed E-state index contributed by atoms with van der Waals surface area (Å²) in [7, 11) is -3.50. The van der Waals surface area contributed by atoms with Gasteiger partial charge in [0, 0.05) is 23.9 Å². The lowest BCUT2D eigenvalue weighted by Gasteiger charge is -2.10. The van der Waals surface area contributed by atoms with E-state index >= 15 is 0 Å². The molecule has 0 saturated carbocycles. The molecule has 1 aromatic rings. The van der Waals surface area contributed by atoms with Crippen molar-refractivity contribution in [2.24, 2.45) is 0 Å². The van der Waals surface area contributed by atoms with Crippen LogP contribution in [0.25, 0.3) is 0 Å². The monoisotopic (exact) mass is 306 g/mol. The predicted octanol–water partition coefficient (Wildman–Crippen LogP) is 0.939. The van der Waals surface area contributed by atoms with E-state index in [1.165, 1.54) is 0 Å². The number of nitrogens with zero attached hydrogens (tertiary/aromatic N) is 1. The lowest BCUT2D eigenvalue weighted by molar-refractivity contribution is 0.572. The first-order chi connectivity index (χ1) is 9.01. The Labute approximate surface area is 119 Å². The maximum absolute atomic E-state index is 12.1. The van der Waals surface area contributed by atoms with E-state index in [1.807, 2.05) is 13.2 Å². The zero-order valence-electron chi connectivity index (χ0n) is 11.6. The molecule has 1 heterocycles. The van der Waals surface area contributed by atoms with E-state index in [0.717, 1.165) is 13.0 Å². The third kappa shape index (κ3) is 5.13. The zero-order valence-corrected chi connectivity index (χ0v) is 13.2. The van der Waals surface area contributed by atoms with Gasteiger partial charge in [-0.15, -0.1) is 0 Å². The number of sulfonamides is 1. The van der Waals surface area contributed by atoms with Crippen molar-refractivity contribution in [2.75, 3.05) is 19.3 Å². The Hall–Kier alpha value is -0.570. The molecule has 0 saturated heterocycles. The van der Waals surface area contributed by atoms with Gasteiger partial charge in [0.1, 0.15) is 0 Å².